The van der Waals surface area contributed by atoms with Gasteiger partial charge >= 0.3 is 0 Å². The third-order valence-corrected chi connectivity index (χ3v) is 4.52. The number of aryl methyl sites for hydroxylation is 1. The summed E-state index contributed by atoms with van der Waals surface area (Å²) < 4.78 is 2.04. The molecule has 1 saturated heterocycles. The van der Waals surface area contributed by atoms with E-state index < -0.39 is 0 Å². The lowest BCUT2D eigenvalue weighted by molar-refractivity contribution is -0.149. The van der Waals surface area contributed by atoms with E-state index in [0.717, 1.165) is 16.5 Å². The third-order valence-electron chi connectivity index (χ3n) is 4.52. The molecule has 0 N–H and O–H groups in total. The molecule has 1 fully saturated rings. The molecule has 0 aliphatic carbocycles. The number of aromatic nitrogens is 1. The van der Waals surface area contributed by atoms with E-state index in [4.69, 9.17) is 0 Å². The minimum atomic E-state index is -0.374. The number of carbonyl (C=O) groups is 2. The minimum absolute atomic E-state index is 0.0116. The van der Waals surface area contributed by atoms with Gasteiger partial charge in [0.25, 0.3) is 0 Å². The summed E-state index contributed by atoms with van der Waals surface area (Å²) in [7, 11) is 3.77. The summed E-state index contributed by atoms with van der Waals surface area (Å²) in [5.74, 6) is 0.0304. The zero-order valence-electron chi connectivity index (χ0n) is 13.2. The molecule has 0 saturated carbocycles. The number of piperazine rings is 1. The van der Waals surface area contributed by atoms with E-state index >= 15 is 0 Å². The maximum absolute atomic E-state index is 12.6. The first-order chi connectivity index (χ1) is 10.5. The van der Waals surface area contributed by atoms with E-state index in [1.807, 2.05) is 42.1 Å². The van der Waals surface area contributed by atoms with Crippen molar-refractivity contribution in [2.24, 2.45) is 7.05 Å². The minimum Gasteiger partial charge on any atom is -0.350 e. The second-order valence-electron chi connectivity index (χ2n) is 5.98. The van der Waals surface area contributed by atoms with Crippen LogP contribution in [0.1, 0.15) is 12.5 Å². The van der Waals surface area contributed by atoms with Gasteiger partial charge in [-0.15, -0.1) is 0 Å². The highest BCUT2D eigenvalue weighted by molar-refractivity contribution is 5.92. The lowest BCUT2D eigenvalue weighted by atomic mass is 10.1. The number of fused-ring (bicyclic) bond motifs is 1. The van der Waals surface area contributed by atoms with Gasteiger partial charge in [0.15, 0.2) is 0 Å². The Morgan fingerprint density at radius 1 is 1.23 bits per heavy atom. The SMILES string of the molecule is C[C@@H]1C(=O)N(C)CCN1C(=O)Cc1cn(C)c2ccccc12. The standard InChI is InChI=1S/C17H21N3O2/c1-12-17(22)18(2)8-9-20(12)16(21)10-13-11-19(3)15-7-5-4-6-14(13)15/h4-7,11-12H,8-10H2,1-3H3/t12-/m1/s1. The van der Waals surface area contributed by atoms with Crippen molar-refractivity contribution in [2.45, 2.75) is 19.4 Å². The summed E-state index contributed by atoms with van der Waals surface area (Å²) >= 11 is 0. The van der Waals surface area contributed by atoms with E-state index in [9.17, 15) is 9.59 Å². The molecule has 2 aromatic rings. The van der Waals surface area contributed by atoms with Gasteiger partial charge in [0.1, 0.15) is 6.04 Å². The zero-order chi connectivity index (χ0) is 15.9. The molecule has 0 bridgehead atoms. The molecule has 1 atom stereocenters. The Labute approximate surface area is 130 Å². The lowest BCUT2D eigenvalue weighted by Crippen LogP contribution is -2.56. The fourth-order valence-corrected chi connectivity index (χ4v) is 3.19. The summed E-state index contributed by atoms with van der Waals surface area (Å²) in [4.78, 5) is 28.1. The first-order valence-corrected chi connectivity index (χ1v) is 7.56. The fourth-order valence-electron chi connectivity index (χ4n) is 3.19. The van der Waals surface area contributed by atoms with Crippen molar-refractivity contribution in [1.82, 2.24) is 14.4 Å². The first kappa shape index (κ1) is 14.6. The van der Waals surface area contributed by atoms with Gasteiger partial charge in [0, 0.05) is 44.3 Å². The van der Waals surface area contributed by atoms with Crippen LogP contribution >= 0.6 is 0 Å². The van der Waals surface area contributed by atoms with Crippen molar-refractivity contribution in [1.29, 1.82) is 0 Å². The Kier molecular flexibility index (Phi) is 3.64. The number of carbonyl (C=O) groups excluding carboxylic acids is 2. The average Bonchev–Trinajstić information content (AvgIpc) is 2.82. The van der Waals surface area contributed by atoms with Gasteiger partial charge < -0.3 is 14.4 Å². The van der Waals surface area contributed by atoms with Crippen molar-refractivity contribution in [3.8, 4) is 0 Å². The quantitative estimate of drug-likeness (QED) is 0.841. The Hall–Kier alpha value is -2.30. The first-order valence-electron chi connectivity index (χ1n) is 7.56. The molecule has 2 amide bonds. The highest BCUT2D eigenvalue weighted by atomic mass is 16.2. The predicted molar refractivity (Wildman–Crippen MR) is 85.4 cm³/mol. The molecule has 5 heteroatoms. The smallest absolute Gasteiger partial charge is 0.244 e. The Bertz CT molecular complexity index is 735. The molecule has 3 rings (SSSR count). The maximum atomic E-state index is 12.6. The summed E-state index contributed by atoms with van der Waals surface area (Å²) in [6.45, 7) is 3.01. The Morgan fingerprint density at radius 2 is 1.95 bits per heavy atom. The molecular weight excluding hydrogens is 278 g/mol. The zero-order valence-corrected chi connectivity index (χ0v) is 13.2. The summed E-state index contributed by atoms with van der Waals surface area (Å²) in [5, 5.41) is 1.10. The number of nitrogens with zero attached hydrogens (tertiary/aromatic N) is 3. The van der Waals surface area contributed by atoms with Gasteiger partial charge in [-0.2, -0.15) is 0 Å². The fraction of sp³-hybridized carbons (Fsp3) is 0.412. The van der Waals surface area contributed by atoms with Crippen molar-refractivity contribution < 1.29 is 9.59 Å². The van der Waals surface area contributed by atoms with Crippen LogP contribution in [-0.4, -0.2) is 52.4 Å². The number of para-hydroxylation sites is 1. The average molecular weight is 299 g/mol. The summed E-state index contributed by atoms with van der Waals surface area (Å²) in [5.41, 5.74) is 2.13. The predicted octanol–water partition coefficient (Wildman–Crippen LogP) is 1.41. The molecular formula is C17H21N3O2. The second kappa shape index (κ2) is 5.48. The molecule has 1 aromatic carbocycles. The molecule has 2 heterocycles. The van der Waals surface area contributed by atoms with E-state index in [2.05, 4.69) is 0 Å². The molecule has 0 spiro atoms. The van der Waals surface area contributed by atoms with E-state index in [1.54, 1.807) is 23.8 Å². The molecule has 1 aromatic heterocycles. The van der Waals surface area contributed by atoms with Gasteiger partial charge in [-0.05, 0) is 18.6 Å². The molecule has 1 aliphatic rings. The van der Waals surface area contributed by atoms with Gasteiger partial charge in [-0.25, -0.2) is 0 Å². The number of likely N-dealkylation sites (N-methyl/N-ethyl adjacent to an activating group) is 1. The Balaban J connectivity index is 1.83. The lowest BCUT2D eigenvalue weighted by Gasteiger charge is -2.37. The van der Waals surface area contributed by atoms with Gasteiger partial charge in [0.2, 0.25) is 11.8 Å². The summed E-state index contributed by atoms with van der Waals surface area (Å²) in [6.07, 6.45) is 2.34. The molecule has 5 nitrogen and oxygen atoms in total. The monoisotopic (exact) mass is 299 g/mol. The van der Waals surface area contributed by atoms with Crippen LogP contribution in [-0.2, 0) is 23.1 Å². The van der Waals surface area contributed by atoms with Crippen LogP contribution in [0.25, 0.3) is 10.9 Å². The highest BCUT2D eigenvalue weighted by Gasteiger charge is 2.32. The van der Waals surface area contributed by atoms with Crippen LogP contribution in [0.2, 0.25) is 0 Å². The van der Waals surface area contributed by atoms with E-state index in [1.165, 1.54) is 0 Å². The topological polar surface area (TPSA) is 45.6 Å². The number of benzene rings is 1. The number of rotatable bonds is 2. The molecule has 0 radical (unpaired) electrons. The highest BCUT2D eigenvalue weighted by Crippen LogP contribution is 2.22. The molecule has 116 valence electrons. The summed E-state index contributed by atoms with van der Waals surface area (Å²) in [6, 6.07) is 7.69. The molecule has 1 aliphatic heterocycles. The van der Waals surface area contributed by atoms with Crippen LogP contribution < -0.4 is 0 Å². The number of hydrogen-bond acceptors (Lipinski definition) is 2. The van der Waals surface area contributed by atoms with Crippen LogP contribution in [0.4, 0.5) is 0 Å². The van der Waals surface area contributed by atoms with Crippen LogP contribution in [0.3, 0.4) is 0 Å². The maximum Gasteiger partial charge on any atom is 0.244 e. The van der Waals surface area contributed by atoms with Gasteiger partial charge in [-0.3, -0.25) is 9.59 Å². The van der Waals surface area contributed by atoms with Crippen LogP contribution in [0.5, 0.6) is 0 Å². The number of amides is 2. The van der Waals surface area contributed by atoms with E-state index in [-0.39, 0.29) is 17.9 Å². The van der Waals surface area contributed by atoms with Crippen molar-refractivity contribution >= 4 is 22.7 Å². The van der Waals surface area contributed by atoms with Crippen LogP contribution in [0.15, 0.2) is 30.5 Å². The van der Waals surface area contributed by atoms with Gasteiger partial charge in [0.05, 0.1) is 6.42 Å². The van der Waals surface area contributed by atoms with Crippen molar-refractivity contribution in [3.63, 3.8) is 0 Å². The largest absolute Gasteiger partial charge is 0.350 e. The normalized spacial score (nSPS) is 19.0. The Morgan fingerprint density at radius 3 is 2.73 bits per heavy atom. The van der Waals surface area contributed by atoms with E-state index in [0.29, 0.717) is 19.5 Å². The van der Waals surface area contributed by atoms with Gasteiger partial charge in [-0.1, -0.05) is 18.2 Å². The van der Waals surface area contributed by atoms with Crippen LogP contribution in [0, 0.1) is 0 Å². The number of hydrogen-bond donors (Lipinski definition) is 0. The third kappa shape index (κ3) is 2.36. The second-order valence-corrected chi connectivity index (χ2v) is 5.98. The van der Waals surface area contributed by atoms with Crippen molar-refractivity contribution in [3.05, 3.63) is 36.0 Å². The molecule has 0 unspecified atom stereocenters. The molecule has 22 heavy (non-hydrogen) atoms. The van der Waals surface area contributed by atoms with Crippen molar-refractivity contribution in [2.75, 3.05) is 20.1 Å².